The van der Waals surface area contributed by atoms with Gasteiger partial charge < -0.3 is 14.8 Å². The number of alkyl halides is 1. The first-order valence-electron chi connectivity index (χ1n) is 9.20. The van der Waals surface area contributed by atoms with Crippen LogP contribution in [0.3, 0.4) is 0 Å². The molecule has 5 rings (SSSR count). The van der Waals surface area contributed by atoms with Crippen molar-refractivity contribution in [3.8, 4) is 11.5 Å². The SMILES string of the molecule is O=C(Nc1ccc(Oc2ccc(Br)cc2)cc1)[C@@H]1[C@H]2C[C@H]3[C@H](OC(=O)[C@H]31)[C@@H]2Br. The van der Waals surface area contributed by atoms with Crippen LogP contribution in [0.15, 0.2) is 53.0 Å². The van der Waals surface area contributed by atoms with E-state index in [-0.39, 0.29) is 46.5 Å². The highest BCUT2D eigenvalue weighted by molar-refractivity contribution is 9.10. The molecule has 5 nitrogen and oxygen atoms in total. The summed E-state index contributed by atoms with van der Waals surface area (Å²) in [6.07, 6.45) is 0.802. The topological polar surface area (TPSA) is 64.6 Å². The average Bonchev–Trinajstić information content (AvgIpc) is 3.29. The molecule has 2 aromatic carbocycles. The van der Waals surface area contributed by atoms with Crippen LogP contribution in [-0.4, -0.2) is 22.8 Å². The zero-order valence-electron chi connectivity index (χ0n) is 14.7. The van der Waals surface area contributed by atoms with Gasteiger partial charge in [-0.15, -0.1) is 0 Å². The Labute approximate surface area is 179 Å². The Morgan fingerprint density at radius 1 is 1.04 bits per heavy atom. The Morgan fingerprint density at radius 2 is 1.68 bits per heavy atom. The van der Waals surface area contributed by atoms with Gasteiger partial charge in [-0.1, -0.05) is 31.9 Å². The molecule has 28 heavy (non-hydrogen) atoms. The summed E-state index contributed by atoms with van der Waals surface area (Å²) in [6.45, 7) is 0. The Kier molecular flexibility index (Phi) is 4.47. The summed E-state index contributed by atoms with van der Waals surface area (Å²) in [4.78, 5) is 25.2. The number of hydrogen-bond acceptors (Lipinski definition) is 4. The first kappa shape index (κ1) is 18.2. The summed E-state index contributed by atoms with van der Waals surface area (Å²) >= 11 is 7.03. The Hall–Kier alpha value is -1.86. The van der Waals surface area contributed by atoms with E-state index in [1.165, 1.54) is 0 Å². The summed E-state index contributed by atoms with van der Waals surface area (Å²) < 4.78 is 12.3. The van der Waals surface area contributed by atoms with Crippen molar-refractivity contribution in [2.45, 2.75) is 17.4 Å². The van der Waals surface area contributed by atoms with Crippen LogP contribution in [0.2, 0.25) is 0 Å². The lowest BCUT2D eigenvalue weighted by atomic mass is 9.79. The molecule has 2 aromatic rings. The summed E-state index contributed by atoms with van der Waals surface area (Å²) in [7, 11) is 0. The number of nitrogens with one attached hydrogen (secondary N) is 1. The second kappa shape index (κ2) is 6.88. The van der Waals surface area contributed by atoms with Crippen LogP contribution in [0, 0.1) is 23.7 Å². The van der Waals surface area contributed by atoms with Gasteiger partial charge in [-0.05, 0) is 60.9 Å². The molecule has 2 aliphatic carbocycles. The number of carbonyl (C=O) groups is 2. The van der Waals surface area contributed by atoms with E-state index < -0.39 is 0 Å². The van der Waals surface area contributed by atoms with Crippen LogP contribution in [0.5, 0.6) is 11.5 Å². The number of carbonyl (C=O) groups excluding carboxylic acids is 2. The average molecular weight is 507 g/mol. The molecule has 3 fully saturated rings. The number of rotatable bonds is 4. The summed E-state index contributed by atoms with van der Waals surface area (Å²) in [5, 5.41) is 2.96. The molecule has 3 aliphatic rings. The predicted octanol–water partition coefficient (Wildman–Crippen LogP) is 4.75. The highest BCUT2D eigenvalue weighted by atomic mass is 79.9. The molecule has 1 amide bonds. The number of esters is 1. The van der Waals surface area contributed by atoms with Crippen LogP contribution in [0.1, 0.15) is 6.42 Å². The van der Waals surface area contributed by atoms with Crippen molar-refractivity contribution >= 4 is 49.4 Å². The van der Waals surface area contributed by atoms with Crippen molar-refractivity contribution in [3.05, 3.63) is 53.0 Å². The second-order valence-electron chi connectivity index (χ2n) is 7.53. The minimum Gasteiger partial charge on any atom is -0.461 e. The highest BCUT2D eigenvalue weighted by Crippen LogP contribution is 2.60. The van der Waals surface area contributed by atoms with Crippen LogP contribution < -0.4 is 10.1 Å². The molecule has 1 N–H and O–H groups in total. The number of fused-ring (bicyclic) bond motifs is 1. The van der Waals surface area contributed by atoms with Crippen LogP contribution >= 0.6 is 31.9 Å². The monoisotopic (exact) mass is 505 g/mol. The Balaban J connectivity index is 1.27. The van der Waals surface area contributed by atoms with E-state index >= 15 is 0 Å². The summed E-state index contributed by atoms with van der Waals surface area (Å²) in [5.41, 5.74) is 0.685. The zero-order valence-corrected chi connectivity index (χ0v) is 17.9. The smallest absolute Gasteiger partial charge is 0.310 e. The van der Waals surface area contributed by atoms with Crippen molar-refractivity contribution in [2.75, 3.05) is 5.32 Å². The molecule has 0 radical (unpaired) electrons. The Bertz CT molecular complexity index is 930. The predicted molar refractivity (Wildman–Crippen MR) is 110 cm³/mol. The van der Waals surface area contributed by atoms with Gasteiger partial charge in [0.05, 0.1) is 16.7 Å². The molecule has 1 saturated heterocycles. The first-order chi connectivity index (χ1) is 13.5. The second-order valence-corrected chi connectivity index (χ2v) is 9.50. The van der Waals surface area contributed by atoms with E-state index in [1.54, 1.807) is 12.1 Å². The maximum Gasteiger partial charge on any atom is 0.310 e. The van der Waals surface area contributed by atoms with E-state index in [2.05, 4.69) is 37.2 Å². The molecule has 0 aromatic heterocycles. The van der Waals surface area contributed by atoms with Gasteiger partial charge in [0.15, 0.2) is 0 Å². The van der Waals surface area contributed by atoms with Crippen molar-refractivity contribution in [3.63, 3.8) is 0 Å². The van der Waals surface area contributed by atoms with Gasteiger partial charge in [0, 0.05) is 16.1 Å². The van der Waals surface area contributed by atoms with E-state index in [9.17, 15) is 9.59 Å². The van der Waals surface area contributed by atoms with Gasteiger partial charge in [0.2, 0.25) is 5.91 Å². The van der Waals surface area contributed by atoms with Gasteiger partial charge in [-0.2, -0.15) is 0 Å². The standard InChI is InChI=1S/C21H17Br2NO4/c22-10-1-5-12(6-2-10)27-13-7-3-11(4-8-13)24-20(25)16-14-9-15-17(16)21(26)28-19(15)18(14)23/h1-8,14-19H,9H2,(H,24,25)/t14-,15-,16-,17-,18-,19+/m1/s1. The van der Waals surface area contributed by atoms with Gasteiger partial charge in [-0.25, -0.2) is 0 Å². The lowest BCUT2D eigenvalue weighted by Crippen LogP contribution is -2.40. The third-order valence-corrected chi connectivity index (χ3v) is 7.73. The van der Waals surface area contributed by atoms with Gasteiger partial charge in [-0.3, -0.25) is 9.59 Å². The fraction of sp³-hybridized carbons (Fsp3) is 0.333. The maximum atomic E-state index is 12.9. The zero-order chi connectivity index (χ0) is 19.4. The lowest BCUT2D eigenvalue weighted by Gasteiger charge is -2.27. The van der Waals surface area contributed by atoms with Gasteiger partial charge in [0.25, 0.3) is 0 Å². The molecule has 1 heterocycles. The highest BCUT2D eigenvalue weighted by Gasteiger charge is 2.67. The summed E-state index contributed by atoms with van der Waals surface area (Å²) in [6, 6.07) is 14.8. The van der Waals surface area contributed by atoms with Crippen molar-refractivity contribution in [1.82, 2.24) is 0 Å². The van der Waals surface area contributed by atoms with E-state index in [4.69, 9.17) is 9.47 Å². The minimum absolute atomic E-state index is 0.0673. The largest absolute Gasteiger partial charge is 0.461 e. The van der Waals surface area contributed by atoms with Crippen LogP contribution in [0.25, 0.3) is 0 Å². The van der Waals surface area contributed by atoms with Crippen molar-refractivity contribution in [1.29, 1.82) is 0 Å². The van der Waals surface area contributed by atoms with Crippen LogP contribution in [-0.2, 0) is 14.3 Å². The molecular weight excluding hydrogens is 490 g/mol. The van der Waals surface area contributed by atoms with Gasteiger partial charge in [0.1, 0.15) is 17.6 Å². The lowest BCUT2D eigenvalue weighted by molar-refractivity contribution is -0.145. The number of ether oxygens (including phenoxy) is 2. The van der Waals surface area contributed by atoms with E-state index in [0.717, 1.165) is 16.6 Å². The number of halogens is 2. The normalized spacial score (nSPS) is 32.3. The summed E-state index contributed by atoms with van der Waals surface area (Å²) in [5.74, 6) is 0.759. The Morgan fingerprint density at radius 3 is 2.36 bits per heavy atom. The van der Waals surface area contributed by atoms with Crippen LogP contribution in [0.4, 0.5) is 5.69 Å². The number of benzene rings is 2. The molecular formula is C21H17Br2NO4. The third kappa shape index (κ3) is 2.95. The number of hydrogen-bond donors (Lipinski definition) is 1. The molecule has 2 saturated carbocycles. The van der Waals surface area contributed by atoms with Crippen molar-refractivity contribution in [2.24, 2.45) is 23.7 Å². The molecule has 7 heteroatoms. The molecule has 0 unspecified atom stereocenters. The molecule has 1 aliphatic heterocycles. The first-order valence-corrected chi connectivity index (χ1v) is 10.9. The third-order valence-electron chi connectivity index (χ3n) is 6.00. The minimum atomic E-state index is -0.334. The molecule has 6 atom stereocenters. The van der Waals surface area contributed by atoms with E-state index in [0.29, 0.717) is 11.4 Å². The molecule has 0 spiro atoms. The number of amides is 1. The van der Waals surface area contributed by atoms with Crippen molar-refractivity contribution < 1.29 is 19.1 Å². The quantitative estimate of drug-likeness (QED) is 0.480. The van der Waals surface area contributed by atoms with Gasteiger partial charge >= 0.3 is 5.97 Å². The fourth-order valence-electron chi connectivity index (χ4n) is 4.80. The molecule has 2 bridgehead atoms. The maximum absolute atomic E-state index is 12.9. The van der Waals surface area contributed by atoms with E-state index in [1.807, 2.05) is 36.4 Å². The molecule has 144 valence electrons. The fourth-order valence-corrected chi connectivity index (χ4v) is 6.11. The number of anilines is 1.